The molecule has 0 unspecified atom stereocenters. The number of hydrogen-bond donors (Lipinski definition) is 1. The fourth-order valence-electron chi connectivity index (χ4n) is 2.04. The van der Waals surface area contributed by atoms with Crippen LogP contribution in [0, 0.1) is 6.92 Å². The lowest BCUT2D eigenvalue weighted by molar-refractivity contribution is 0.0601. The highest BCUT2D eigenvalue weighted by Crippen LogP contribution is 2.34. The van der Waals surface area contributed by atoms with Crippen LogP contribution >= 0.6 is 27.3 Å². The van der Waals surface area contributed by atoms with Gasteiger partial charge in [0.15, 0.2) is 0 Å². The van der Waals surface area contributed by atoms with Crippen molar-refractivity contribution in [2.24, 2.45) is 0 Å². The fourth-order valence-corrected chi connectivity index (χ4v) is 3.55. The third-order valence-electron chi connectivity index (χ3n) is 3.22. The second kappa shape index (κ2) is 7.59. The Bertz CT molecular complexity index is 815. The molecule has 24 heavy (non-hydrogen) atoms. The van der Waals surface area contributed by atoms with Crippen molar-refractivity contribution in [1.29, 1.82) is 0 Å². The summed E-state index contributed by atoms with van der Waals surface area (Å²) in [6.45, 7) is 1.60. The highest BCUT2D eigenvalue weighted by atomic mass is 79.9. The van der Waals surface area contributed by atoms with Crippen LogP contribution in [0.1, 0.15) is 36.0 Å². The first-order valence-corrected chi connectivity index (χ1v) is 8.37. The minimum atomic E-state index is -0.636. The number of esters is 2. The number of anilines is 1. The largest absolute Gasteiger partial charge is 0.465 e. The van der Waals surface area contributed by atoms with Crippen LogP contribution in [-0.2, 0) is 9.47 Å². The molecule has 0 saturated heterocycles. The van der Waals surface area contributed by atoms with E-state index in [1.807, 2.05) is 0 Å². The summed E-state index contributed by atoms with van der Waals surface area (Å²) in [4.78, 5) is 36.5. The van der Waals surface area contributed by atoms with Gasteiger partial charge in [-0.25, -0.2) is 9.59 Å². The van der Waals surface area contributed by atoms with Crippen molar-refractivity contribution >= 4 is 50.1 Å². The molecule has 1 N–H and O–H groups in total. The second-order valence-corrected chi connectivity index (χ2v) is 6.64. The molecule has 1 heterocycles. The number of benzene rings is 1. The molecule has 0 aliphatic carbocycles. The Morgan fingerprint density at radius 2 is 1.79 bits per heavy atom. The second-order valence-electron chi connectivity index (χ2n) is 4.71. The molecule has 1 amide bonds. The van der Waals surface area contributed by atoms with Crippen LogP contribution in [0.25, 0.3) is 0 Å². The molecular formula is C16H14BrNO5S. The van der Waals surface area contributed by atoms with Gasteiger partial charge >= 0.3 is 11.9 Å². The number of amides is 1. The maximum atomic E-state index is 12.4. The van der Waals surface area contributed by atoms with Gasteiger partial charge in [-0.05, 0) is 30.7 Å². The lowest BCUT2D eigenvalue weighted by Gasteiger charge is -2.06. The first-order chi connectivity index (χ1) is 11.4. The first kappa shape index (κ1) is 18.2. The average molecular weight is 412 g/mol. The van der Waals surface area contributed by atoms with Crippen molar-refractivity contribution in [3.63, 3.8) is 0 Å². The van der Waals surface area contributed by atoms with E-state index in [4.69, 9.17) is 9.47 Å². The molecule has 0 atom stereocenters. The maximum Gasteiger partial charge on any atom is 0.348 e. The molecule has 0 radical (unpaired) electrons. The molecule has 8 heteroatoms. The quantitative estimate of drug-likeness (QED) is 0.776. The molecule has 6 nitrogen and oxygen atoms in total. The standard InChI is InChI=1S/C16H14BrNO5S/c1-8-11(15(20)22-2)14(24-12(8)16(21)23-3)18-13(19)9-5-4-6-10(17)7-9/h4-7H,1-3H3,(H,18,19). The van der Waals surface area contributed by atoms with Gasteiger partial charge in [-0.1, -0.05) is 22.0 Å². The summed E-state index contributed by atoms with van der Waals surface area (Å²) in [6.07, 6.45) is 0. The van der Waals surface area contributed by atoms with Crippen LogP contribution in [0.15, 0.2) is 28.7 Å². The summed E-state index contributed by atoms with van der Waals surface area (Å²) in [5.74, 6) is -1.62. The summed E-state index contributed by atoms with van der Waals surface area (Å²) in [6, 6.07) is 6.80. The van der Waals surface area contributed by atoms with Crippen LogP contribution in [0.4, 0.5) is 5.00 Å². The van der Waals surface area contributed by atoms with Crippen LogP contribution in [0.5, 0.6) is 0 Å². The Morgan fingerprint density at radius 1 is 1.12 bits per heavy atom. The van der Waals surface area contributed by atoms with E-state index in [-0.39, 0.29) is 15.4 Å². The van der Waals surface area contributed by atoms with Crippen LogP contribution < -0.4 is 5.32 Å². The lowest BCUT2D eigenvalue weighted by atomic mass is 10.1. The topological polar surface area (TPSA) is 81.7 Å². The highest BCUT2D eigenvalue weighted by molar-refractivity contribution is 9.10. The van der Waals surface area contributed by atoms with E-state index >= 15 is 0 Å². The van der Waals surface area contributed by atoms with E-state index in [1.165, 1.54) is 14.2 Å². The van der Waals surface area contributed by atoms with Crippen molar-refractivity contribution in [3.8, 4) is 0 Å². The summed E-state index contributed by atoms with van der Waals surface area (Å²) in [5.41, 5.74) is 0.959. The van der Waals surface area contributed by atoms with Gasteiger partial charge in [-0.2, -0.15) is 0 Å². The van der Waals surface area contributed by atoms with Crippen LogP contribution in [0.3, 0.4) is 0 Å². The summed E-state index contributed by atoms with van der Waals surface area (Å²) in [7, 11) is 2.48. The number of carbonyl (C=O) groups is 3. The van der Waals surface area contributed by atoms with Gasteiger partial charge in [-0.3, -0.25) is 4.79 Å². The molecule has 0 bridgehead atoms. The number of halogens is 1. The zero-order chi connectivity index (χ0) is 17.9. The Kier molecular flexibility index (Phi) is 5.74. The molecule has 1 aromatic carbocycles. The minimum Gasteiger partial charge on any atom is -0.465 e. The Morgan fingerprint density at radius 3 is 2.38 bits per heavy atom. The van der Waals surface area contributed by atoms with E-state index < -0.39 is 17.8 Å². The number of carbonyl (C=O) groups excluding carboxylic acids is 3. The molecule has 2 rings (SSSR count). The monoisotopic (exact) mass is 411 g/mol. The molecule has 126 valence electrons. The van der Waals surface area contributed by atoms with E-state index in [9.17, 15) is 14.4 Å². The average Bonchev–Trinajstić information content (AvgIpc) is 2.89. The summed E-state index contributed by atoms with van der Waals surface area (Å²) < 4.78 is 10.2. The number of ether oxygens (including phenoxy) is 2. The predicted octanol–water partition coefficient (Wildman–Crippen LogP) is 3.64. The third-order valence-corrected chi connectivity index (χ3v) is 4.90. The normalized spacial score (nSPS) is 10.2. The number of methoxy groups -OCH3 is 2. The van der Waals surface area contributed by atoms with E-state index in [1.54, 1.807) is 31.2 Å². The summed E-state index contributed by atoms with van der Waals surface area (Å²) >= 11 is 4.27. The van der Waals surface area contributed by atoms with Crippen molar-refractivity contribution in [3.05, 3.63) is 50.3 Å². The van der Waals surface area contributed by atoms with Crippen molar-refractivity contribution in [2.45, 2.75) is 6.92 Å². The Hall–Kier alpha value is -2.19. The van der Waals surface area contributed by atoms with Gasteiger partial charge in [0.05, 0.1) is 19.8 Å². The van der Waals surface area contributed by atoms with Crippen LogP contribution in [0.2, 0.25) is 0 Å². The molecule has 0 aliphatic heterocycles. The van der Waals surface area contributed by atoms with Gasteiger partial charge in [0, 0.05) is 10.0 Å². The number of hydrogen-bond acceptors (Lipinski definition) is 6. The van der Waals surface area contributed by atoms with Crippen molar-refractivity contribution in [1.82, 2.24) is 0 Å². The maximum absolute atomic E-state index is 12.4. The minimum absolute atomic E-state index is 0.145. The van der Waals surface area contributed by atoms with Crippen LogP contribution in [-0.4, -0.2) is 32.1 Å². The van der Waals surface area contributed by atoms with E-state index in [2.05, 4.69) is 21.2 Å². The van der Waals surface area contributed by atoms with E-state index in [0.29, 0.717) is 11.1 Å². The SMILES string of the molecule is COC(=O)c1sc(NC(=O)c2cccc(Br)c2)c(C(=O)OC)c1C. The van der Waals surface area contributed by atoms with Crippen molar-refractivity contribution in [2.75, 3.05) is 19.5 Å². The molecular weight excluding hydrogens is 398 g/mol. The smallest absolute Gasteiger partial charge is 0.348 e. The number of rotatable bonds is 4. The van der Waals surface area contributed by atoms with Gasteiger partial charge in [0.25, 0.3) is 5.91 Å². The first-order valence-electron chi connectivity index (χ1n) is 6.76. The van der Waals surface area contributed by atoms with Crippen molar-refractivity contribution < 1.29 is 23.9 Å². The molecule has 1 aromatic heterocycles. The van der Waals surface area contributed by atoms with Gasteiger partial charge in [0.2, 0.25) is 0 Å². The third kappa shape index (κ3) is 3.65. The molecule has 0 aliphatic rings. The fraction of sp³-hybridized carbons (Fsp3) is 0.188. The zero-order valence-corrected chi connectivity index (χ0v) is 15.5. The lowest BCUT2D eigenvalue weighted by Crippen LogP contribution is -2.14. The predicted molar refractivity (Wildman–Crippen MR) is 93.8 cm³/mol. The molecule has 0 saturated carbocycles. The Labute approximate surface area is 150 Å². The highest BCUT2D eigenvalue weighted by Gasteiger charge is 2.26. The van der Waals surface area contributed by atoms with E-state index in [0.717, 1.165) is 15.8 Å². The molecule has 0 spiro atoms. The van der Waals surface area contributed by atoms with Gasteiger partial charge < -0.3 is 14.8 Å². The van der Waals surface area contributed by atoms with Gasteiger partial charge in [0.1, 0.15) is 9.88 Å². The Balaban J connectivity index is 2.43. The number of nitrogens with one attached hydrogen (secondary N) is 1. The summed E-state index contributed by atoms with van der Waals surface area (Å²) in [5, 5.41) is 2.90. The molecule has 0 fully saturated rings. The molecule has 2 aromatic rings. The zero-order valence-electron chi connectivity index (χ0n) is 13.1. The van der Waals surface area contributed by atoms with Gasteiger partial charge in [-0.15, -0.1) is 11.3 Å². The number of thiophene rings is 1.